The van der Waals surface area contributed by atoms with E-state index in [0.29, 0.717) is 6.54 Å². The van der Waals surface area contributed by atoms with Crippen LogP contribution in [0.3, 0.4) is 0 Å². The average Bonchev–Trinajstić information content (AvgIpc) is 2.67. The first kappa shape index (κ1) is 13.8. The van der Waals surface area contributed by atoms with Gasteiger partial charge in [-0.25, -0.2) is 8.78 Å². The molecule has 2 fully saturated rings. The molecule has 2 saturated heterocycles. The van der Waals surface area contributed by atoms with Crippen molar-refractivity contribution >= 4 is 0 Å². The lowest BCUT2D eigenvalue weighted by Gasteiger charge is -2.32. The molecule has 0 amide bonds. The Morgan fingerprint density at radius 2 is 2.17 bits per heavy atom. The third-order valence-corrected chi connectivity index (χ3v) is 4.07. The largest absolute Gasteiger partial charge is 0.369 e. The minimum absolute atomic E-state index is 0.0211. The van der Waals surface area contributed by atoms with Crippen LogP contribution >= 0.6 is 0 Å². The number of halogens is 2. The number of alkyl halides is 2. The minimum atomic E-state index is -2.51. The lowest BCUT2D eigenvalue weighted by molar-refractivity contribution is 0.0148. The fourth-order valence-corrected chi connectivity index (χ4v) is 2.94. The van der Waals surface area contributed by atoms with Crippen LogP contribution in [0.25, 0.3) is 0 Å². The van der Waals surface area contributed by atoms with E-state index in [0.717, 1.165) is 37.7 Å². The van der Waals surface area contributed by atoms with E-state index < -0.39 is 5.92 Å². The summed E-state index contributed by atoms with van der Waals surface area (Å²) in [5.41, 5.74) is 0.880. The molecule has 0 bridgehead atoms. The van der Waals surface area contributed by atoms with Gasteiger partial charge in [0, 0.05) is 31.8 Å². The molecule has 2 heterocycles. The SMILES string of the molecule is C=C(CCN1CCC[C@@H](C)C1)N1CCC(F)(F)C1. The summed E-state index contributed by atoms with van der Waals surface area (Å²) in [6.45, 7) is 9.83. The molecule has 2 aliphatic heterocycles. The number of hydrogen-bond acceptors (Lipinski definition) is 2. The zero-order valence-corrected chi connectivity index (χ0v) is 11.3. The van der Waals surface area contributed by atoms with E-state index in [1.807, 2.05) is 0 Å². The van der Waals surface area contributed by atoms with Crippen LogP contribution in [0.1, 0.15) is 32.6 Å². The number of rotatable bonds is 4. The maximum absolute atomic E-state index is 13.1. The molecule has 0 aliphatic carbocycles. The van der Waals surface area contributed by atoms with Gasteiger partial charge in [0.05, 0.1) is 6.54 Å². The summed E-state index contributed by atoms with van der Waals surface area (Å²) in [4.78, 5) is 4.20. The molecule has 0 saturated carbocycles. The quantitative estimate of drug-likeness (QED) is 0.765. The highest BCUT2D eigenvalue weighted by Crippen LogP contribution is 2.29. The van der Waals surface area contributed by atoms with Crippen LogP contribution in [0, 0.1) is 5.92 Å². The number of nitrogens with zero attached hydrogens (tertiary/aromatic N) is 2. The summed E-state index contributed by atoms with van der Waals surface area (Å²) < 4.78 is 26.2. The molecule has 2 rings (SSSR count). The van der Waals surface area contributed by atoms with E-state index in [1.54, 1.807) is 4.90 Å². The second-order valence-electron chi connectivity index (χ2n) is 5.89. The Kier molecular flexibility index (Phi) is 4.25. The van der Waals surface area contributed by atoms with Crippen molar-refractivity contribution in [2.75, 3.05) is 32.7 Å². The van der Waals surface area contributed by atoms with Gasteiger partial charge in [0.1, 0.15) is 0 Å². The van der Waals surface area contributed by atoms with Crippen LogP contribution < -0.4 is 0 Å². The van der Waals surface area contributed by atoms with E-state index in [1.165, 1.54) is 12.8 Å². The highest BCUT2D eigenvalue weighted by atomic mass is 19.3. The Morgan fingerprint density at radius 3 is 2.78 bits per heavy atom. The van der Waals surface area contributed by atoms with Gasteiger partial charge < -0.3 is 9.80 Å². The summed E-state index contributed by atoms with van der Waals surface area (Å²) in [5.74, 6) is -1.74. The van der Waals surface area contributed by atoms with Gasteiger partial charge >= 0.3 is 0 Å². The molecular weight excluding hydrogens is 234 g/mol. The monoisotopic (exact) mass is 258 g/mol. The van der Waals surface area contributed by atoms with Gasteiger partial charge in [-0.1, -0.05) is 13.5 Å². The Labute approximate surface area is 109 Å². The van der Waals surface area contributed by atoms with E-state index in [4.69, 9.17) is 0 Å². The van der Waals surface area contributed by atoms with Crippen molar-refractivity contribution in [2.24, 2.45) is 5.92 Å². The highest BCUT2D eigenvalue weighted by Gasteiger charge is 2.38. The summed E-state index contributed by atoms with van der Waals surface area (Å²) in [6.07, 6.45) is 3.38. The molecule has 0 unspecified atom stereocenters. The first-order valence-corrected chi connectivity index (χ1v) is 6.99. The molecule has 1 atom stereocenters. The molecular formula is C14H24F2N2. The van der Waals surface area contributed by atoms with Crippen molar-refractivity contribution in [2.45, 2.75) is 38.5 Å². The molecule has 0 spiro atoms. The van der Waals surface area contributed by atoms with Crippen LogP contribution in [0.4, 0.5) is 8.78 Å². The van der Waals surface area contributed by atoms with Gasteiger partial charge in [-0.15, -0.1) is 0 Å². The topological polar surface area (TPSA) is 6.48 Å². The van der Waals surface area contributed by atoms with Gasteiger partial charge in [-0.05, 0) is 31.7 Å². The highest BCUT2D eigenvalue weighted by molar-refractivity contribution is 5.00. The maximum Gasteiger partial charge on any atom is 0.266 e. The fourth-order valence-electron chi connectivity index (χ4n) is 2.94. The molecule has 18 heavy (non-hydrogen) atoms. The Bertz CT molecular complexity index is 304. The molecule has 0 radical (unpaired) electrons. The molecule has 0 N–H and O–H groups in total. The summed E-state index contributed by atoms with van der Waals surface area (Å²) >= 11 is 0. The second kappa shape index (κ2) is 5.55. The van der Waals surface area contributed by atoms with E-state index in [9.17, 15) is 8.78 Å². The summed E-state index contributed by atoms with van der Waals surface area (Å²) in [5, 5.41) is 0. The van der Waals surface area contributed by atoms with Gasteiger partial charge in [-0.2, -0.15) is 0 Å². The van der Waals surface area contributed by atoms with E-state index in [2.05, 4.69) is 18.4 Å². The zero-order valence-electron chi connectivity index (χ0n) is 11.3. The number of hydrogen-bond donors (Lipinski definition) is 0. The molecule has 0 aromatic rings. The van der Waals surface area contributed by atoms with E-state index in [-0.39, 0.29) is 13.0 Å². The normalized spacial score (nSPS) is 28.6. The number of piperidine rings is 1. The predicted molar refractivity (Wildman–Crippen MR) is 69.7 cm³/mol. The Balaban J connectivity index is 1.72. The van der Waals surface area contributed by atoms with E-state index >= 15 is 0 Å². The molecule has 104 valence electrons. The average molecular weight is 258 g/mol. The fraction of sp³-hybridized carbons (Fsp3) is 0.857. The van der Waals surface area contributed by atoms with Gasteiger partial charge in [0.15, 0.2) is 0 Å². The van der Waals surface area contributed by atoms with Crippen molar-refractivity contribution in [3.05, 3.63) is 12.3 Å². The smallest absolute Gasteiger partial charge is 0.266 e. The Hall–Kier alpha value is -0.640. The standard InChI is InChI=1S/C14H24F2N2/c1-12-4-3-7-17(10-12)8-5-13(2)18-9-6-14(15,16)11-18/h12H,2-11H2,1H3/t12-/m1/s1. The molecule has 2 aliphatic rings. The van der Waals surface area contributed by atoms with Crippen molar-refractivity contribution in [3.63, 3.8) is 0 Å². The van der Waals surface area contributed by atoms with Crippen LogP contribution in [-0.4, -0.2) is 48.4 Å². The third-order valence-electron chi connectivity index (χ3n) is 4.07. The van der Waals surface area contributed by atoms with Crippen molar-refractivity contribution < 1.29 is 8.78 Å². The first-order chi connectivity index (χ1) is 8.46. The van der Waals surface area contributed by atoms with Crippen molar-refractivity contribution in [3.8, 4) is 0 Å². The summed E-state index contributed by atoms with van der Waals surface area (Å²) in [7, 11) is 0. The van der Waals surface area contributed by atoms with Crippen LogP contribution in [-0.2, 0) is 0 Å². The summed E-state index contributed by atoms with van der Waals surface area (Å²) in [6, 6.07) is 0. The lowest BCUT2D eigenvalue weighted by Crippen LogP contribution is -2.36. The van der Waals surface area contributed by atoms with Crippen molar-refractivity contribution in [1.29, 1.82) is 0 Å². The van der Waals surface area contributed by atoms with Crippen LogP contribution in [0.15, 0.2) is 12.3 Å². The third kappa shape index (κ3) is 3.67. The first-order valence-electron chi connectivity index (χ1n) is 6.99. The zero-order chi connectivity index (χ0) is 13.2. The van der Waals surface area contributed by atoms with Gasteiger partial charge in [0.25, 0.3) is 5.92 Å². The Morgan fingerprint density at radius 1 is 1.39 bits per heavy atom. The molecule has 4 heteroatoms. The number of likely N-dealkylation sites (tertiary alicyclic amines) is 2. The van der Waals surface area contributed by atoms with Crippen LogP contribution in [0.2, 0.25) is 0 Å². The maximum atomic E-state index is 13.1. The minimum Gasteiger partial charge on any atom is -0.369 e. The van der Waals surface area contributed by atoms with Crippen LogP contribution in [0.5, 0.6) is 0 Å². The lowest BCUT2D eigenvalue weighted by atomic mass is 10.0. The van der Waals surface area contributed by atoms with Crippen molar-refractivity contribution in [1.82, 2.24) is 9.80 Å². The second-order valence-corrected chi connectivity index (χ2v) is 5.89. The molecule has 0 aromatic carbocycles. The van der Waals surface area contributed by atoms with Gasteiger partial charge in [0.2, 0.25) is 0 Å². The predicted octanol–water partition coefficient (Wildman–Crippen LogP) is 2.96. The molecule has 2 nitrogen and oxygen atoms in total. The molecule has 0 aromatic heterocycles. The van der Waals surface area contributed by atoms with Gasteiger partial charge in [-0.3, -0.25) is 0 Å².